The number of urea groups is 1. The molecule has 0 aliphatic heterocycles. The molecular weight excluding hydrogens is 422 g/mol. The van der Waals surface area contributed by atoms with Crippen molar-refractivity contribution >= 4 is 39.9 Å². The molecule has 0 unspecified atom stereocenters. The highest BCUT2D eigenvalue weighted by Crippen LogP contribution is 2.29. The molecule has 164 valence electrons. The van der Waals surface area contributed by atoms with E-state index in [1.807, 2.05) is 30.3 Å². The first-order valence-corrected chi connectivity index (χ1v) is 10.8. The van der Waals surface area contributed by atoms with E-state index >= 15 is 0 Å². The van der Waals surface area contributed by atoms with Crippen LogP contribution in [-0.2, 0) is 12.0 Å². The summed E-state index contributed by atoms with van der Waals surface area (Å²) in [6.45, 7) is 6.66. The van der Waals surface area contributed by atoms with Crippen LogP contribution in [0.15, 0.2) is 66.7 Å². The number of hydrogen-bond acceptors (Lipinski definition) is 3. The second-order valence-electron chi connectivity index (χ2n) is 8.69. The van der Waals surface area contributed by atoms with Gasteiger partial charge in [-0.05, 0) is 52.7 Å². The molecule has 4 aromatic rings. The topological polar surface area (TPSA) is 85.0 Å². The summed E-state index contributed by atoms with van der Waals surface area (Å²) in [6, 6.07) is 20.7. The zero-order chi connectivity index (χ0) is 22.9. The summed E-state index contributed by atoms with van der Waals surface area (Å²) in [5, 5.41) is 13.4. The minimum absolute atomic E-state index is 0.193. The van der Waals surface area contributed by atoms with Gasteiger partial charge in [-0.3, -0.25) is 5.32 Å². The number of fused-ring (bicyclic) bond motifs is 1. The molecule has 4 rings (SSSR count). The van der Waals surface area contributed by atoms with Crippen LogP contribution in [0.2, 0.25) is 5.02 Å². The molecular formula is C25H26ClN5O. The maximum atomic E-state index is 12.7. The zero-order valence-electron chi connectivity index (χ0n) is 18.3. The summed E-state index contributed by atoms with van der Waals surface area (Å²) in [4.78, 5) is 12.7. The van der Waals surface area contributed by atoms with Crippen LogP contribution in [0.5, 0.6) is 0 Å². The Kier molecular flexibility index (Phi) is 5.91. The summed E-state index contributed by atoms with van der Waals surface area (Å²) in [6.07, 6.45) is 0. The van der Waals surface area contributed by atoms with Gasteiger partial charge in [-0.1, -0.05) is 56.6 Å². The van der Waals surface area contributed by atoms with Crippen molar-refractivity contribution in [2.24, 2.45) is 5.73 Å². The van der Waals surface area contributed by atoms with Crippen molar-refractivity contribution in [3.05, 3.63) is 83.0 Å². The smallest absolute Gasteiger partial charge is 0.324 e. The number of carbonyl (C=O) groups excluding carboxylic acids is 1. The molecule has 2 amide bonds. The number of amides is 2. The van der Waals surface area contributed by atoms with E-state index < -0.39 is 0 Å². The number of nitrogens with one attached hydrogen (secondary N) is 2. The lowest BCUT2D eigenvalue weighted by molar-refractivity contribution is 0.262. The third kappa shape index (κ3) is 4.61. The van der Waals surface area contributed by atoms with Crippen LogP contribution in [0, 0.1) is 0 Å². The lowest BCUT2D eigenvalue weighted by Gasteiger charge is -2.14. The van der Waals surface area contributed by atoms with Crippen LogP contribution in [0.4, 0.5) is 16.3 Å². The highest BCUT2D eigenvalue weighted by atomic mass is 35.5. The first-order valence-electron chi connectivity index (χ1n) is 10.4. The maximum absolute atomic E-state index is 12.7. The van der Waals surface area contributed by atoms with E-state index in [4.69, 9.17) is 22.4 Å². The fraction of sp³-hybridized carbons (Fsp3) is 0.200. The highest BCUT2D eigenvalue weighted by Gasteiger charge is 2.22. The van der Waals surface area contributed by atoms with Crippen molar-refractivity contribution in [2.75, 3.05) is 10.6 Å². The summed E-state index contributed by atoms with van der Waals surface area (Å²) in [7, 11) is 0. The van der Waals surface area contributed by atoms with Gasteiger partial charge in [0.2, 0.25) is 0 Å². The Bertz CT molecular complexity index is 1270. The minimum atomic E-state index is -0.367. The van der Waals surface area contributed by atoms with Gasteiger partial charge in [0.15, 0.2) is 0 Å². The molecule has 1 heterocycles. The lowest BCUT2D eigenvalue weighted by atomic mass is 9.92. The van der Waals surface area contributed by atoms with E-state index in [-0.39, 0.29) is 11.4 Å². The molecule has 0 bridgehead atoms. The van der Waals surface area contributed by atoms with Crippen LogP contribution in [-0.4, -0.2) is 15.8 Å². The van der Waals surface area contributed by atoms with E-state index in [9.17, 15) is 4.79 Å². The fourth-order valence-electron chi connectivity index (χ4n) is 3.51. The number of aromatic nitrogens is 2. The van der Waals surface area contributed by atoms with Gasteiger partial charge in [0.25, 0.3) is 0 Å². The molecule has 0 saturated heterocycles. The van der Waals surface area contributed by atoms with Crippen LogP contribution in [0.25, 0.3) is 16.5 Å². The van der Waals surface area contributed by atoms with Crippen LogP contribution < -0.4 is 16.4 Å². The van der Waals surface area contributed by atoms with Gasteiger partial charge in [0.1, 0.15) is 5.82 Å². The number of hydrogen-bond donors (Lipinski definition) is 3. The van der Waals surface area contributed by atoms with Gasteiger partial charge < -0.3 is 11.1 Å². The Morgan fingerprint density at radius 2 is 1.75 bits per heavy atom. The SMILES string of the molecule is CC(C)(C)c1cc(NC(=O)Nc2ccc(Cl)cc2)n(-c2cc(CN)c3ccccc3c2)n1. The van der Waals surface area contributed by atoms with E-state index in [1.165, 1.54) is 0 Å². The number of carbonyl (C=O) groups is 1. The Labute approximate surface area is 192 Å². The van der Waals surface area contributed by atoms with Crippen molar-refractivity contribution in [2.45, 2.75) is 32.7 Å². The van der Waals surface area contributed by atoms with Crippen molar-refractivity contribution in [1.82, 2.24) is 9.78 Å². The molecule has 0 atom stereocenters. The summed E-state index contributed by atoms with van der Waals surface area (Å²) >= 11 is 5.93. The Hall–Kier alpha value is -3.35. The molecule has 4 N–H and O–H groups in total. The normalized spacial score (nSPS) is 11.5. The number of rotatable bonds is 4. The van der Waals surface area contributed by atoms with Crippen LogP contribution >= 0.6 is 11.6 Å². The molecule has 1 aromatic heterocycles. The first-order chi connectivity index (χ1) is 15.2. The predicted molar refractivity (Wildman–Crippen MR) is 132 cm³/mol. The first kappa shape index (κ1) is 21.9. The van der Waals surface area contributed by atoms with E-state index in [2.05, 4.69) is 43.5 Å². The molecule has 0 saturated carbocycles. The standard InChI is InChI=1S/C25H26ClN5O/c1-25(2,3)22-14-23(29-24(32)28-19-10-8-18(26)9-11-19)31(30-22)20-12-16-6-4-5-7-21(16)17(13-20)15-27/h4-14H,15,27H2,1-3H3,(H2,28,29,32). The van der Waals surface area contributed by atoms with Gasteiger partial charge in [-0.2, -0.15) is 5.10 Å². The third-order valence-electron chi connectivity index (χ3n) is 5.22. The van der Waals surface area contributed by atoms with E-state index in [1.54, 1.807) is 28.9 Å². The number of benzene rings is 3. The molecule has 32 heavy (non-hydrogen) atoms. The van der Waals surface area contributed by atoms with Crippen molar-refractivity contribution < 1.29 is 4.79 Å². The molecule has 0 spiro atoms. The molecule has 7 heteroatoms. The van der Waals surface area contributed by atoms with E-state index in [0.717, 1.165) is 27.7 Å². The summed E-state index contributed by atoms with van der Waals surface area (Å²) in [5.41, 5.74) is 9.20. The van der Waals surface area contributed by atoms with Gasteiger partial charge in [-0.15, -0.1) is 0 Å². The van der Waals surface area contributed by atoms with E-state index in [0.29, 0.717) is 23.1 Å². The number of halogens is 1. The summed E-state index contributed by atoms with van der Waals surface area (Å²) in [5.74, 6) is 0.569. The molecule has 0 aliphatic rings. The maximum Gasteiger partial charge on any atom is 0.324 e. The van der Waals surface area contributed by atoms with Crippen molar-refractivity contribution in [3.8, 4) is 5.69 Å². The Balaban J connectivity index is 1.73. The summed E-state index contributed by atoms with van der Waals surface area (Å²) < 4.78 is 1.76. The molecule has 0 radical (unpaired) electrons. The highest BCUT2D eigenvalue weighted by molar-refractivity contribution is 6.30. The Morgan fingerprint density at radius 3 is 2.44 bits per heavy atom. The average Bonchev–Trinajstić information content (AvgIpc) is 3.18. The quantitative estimate of drug-likeness (QED) is 0.354. The monoisotopic (exact) mass is 447 g/mol. The van der Waals surface area contributed by atoms with Crippen molar-refractivity contribution in [1.29, 1.82) is 0 Å². The minimum Gasteiger partial charge on any atom is -0.326 e. The number of nitrogens with zero attached hydrogens (tertiary/aromatic N) is 2. The van der Waals surface area contributed by atoms with Gasteiger partial charge in [0.05, 0.1) is 11.4 Å². The number of anilines is 2. The largest absolute Gasteiger partial charge is 0.326 e. The predicted octanol–water partition coefficient (Wildman–Crippen LogP) is 6.08. The van der Waals surface area contributed by atoms with Gasteiger partial charge in [0, 0.05) is 28.7 Å². The molecule has 3 aromatic carbocycles. The fourth-order valence-corrected chi connectivity index (χ4v) is 3.64. The van der Waals surface area contributed by atoms with Crippen LogP contribution in [0.1, 0.15) is 32.0 Å². The molecule has 6 nitrogen and oxygen atoms in total. The zero-order valence-corrected chi connectivity index (χ0v) is 19.1. The second kappa shape index (κ2) is 8.65. The van der Waals surface area contributed by atoms with Gasteiger partial charge in [-0.25, -0.2) is 9.48 Å². The van der Waals surface area contributed by atoms with Gasteiger partial charge >= 0.3 is 6.03 Å². The third-order valence-corrected chi connectivity index (χ3v) is 5.47. The second-order valence-corrected chi connectivity index (χ2v) is 9.13. The molecule has 0 aliphatic carbocycles. The van der Waals surface area contributed by atoms with Crippen molar-refractivity contribution in [3.63, 3.8) is 0 Å². The lowest BCUT2D eigenvalue weighted by Crippen LogP contribution is -2.21. The molecule has 0 fully saturated rings. The van der Waals surface area contributed by atoms with Crippen LogP contribution in [0.3, 0.4) is 0 Å². The average molecular weight is 448 g/mol. The Morgan fingerprint density at radius 1 is 1.03 bits per heavy atom. The number of nitrogens with two attached hydrogens (primary N) is 1.